The normalized spacial score (nSPS) is 21.9. The number of hydrogen-bond donors (Lipinski definition) is 2. The van der Waals surface area contributed by atoms with Gasteiger partial charge >= 0.3 is 6.03 Å². The minimum Gasteiger partial charge on any atom is -0.385 e. The maximum Gasteiger partial charge on any atom is 0.317 e. The summed E-state index contributed by atoms with van der Waals surface area (Å²) in [6.07, 6.45) is 13.7. The molecule has 32 heavy (non-hydrogen) atoms. The summed E-state index contributed by atoms with van der Waals surface area (Å²) in [6.45, 7) is 3.47. The molecule has 1 aromatic rings. The topological polar surface area (TPSA) is 53.6 Å². The Kier molecular flexibility index (Phi) is 11.3. The Morgan fingerprint density at radius 1 is 1.22 bits per heavy atom. The molecule has 2 aliphatic rings. The second kappa shape index (κ2) is 14.2. The molecule has 1 aliphatic heterocycles. The highest BCUT2D eigenvalue weighted by Gasteiger charge is 2.31. The molecule has 0 bridgehead atoms. The van der Waals surface area contributed by atoms with Crippen molar-refractivity contribution >= 4 is 17.4 Å². The van der Waals surface area contributed by atoms with Crippen molar-refractivity contribution in [2.75, 3.05) is 40.4 Å². The van der Waals surface area contributed by atoms with E-state index in [1.807, 2.05) is 18.4 Å². The summed E-state index contributed by atoms with van der Waals surface area (Å²) < 4.78 is 5.26. The number of carbonyl (C=O) groups excluding carboxylic acids is 1. The number of rotatable bonds is 12. The van der Waals surface area contributed by atoms with Crippen LogP contribution in [0.2, 0.25) is 0 Å². The van der Waals surface area contributed by atoms with Crippen molar-refractivity contribution in [3.05, 3.63) is 22.4 Å². The number of amides is 2. The number of likely N-dealkylation sites (tertiary alicyclic amines) is 1. The lowest BCUT2D eigenvalue weighted by Gasteiger charge is -2.38. The van der Waals surface area contributed by atoms with Crippen molar-refractivity contribution in [3.8, 4) is 0 Å². The van der Waals surface area contributed by atoms with Gasteiger partial charge in [0.1, 0.15) is 0 Å². The van der Waals surface area contributed by atoms with Crippen LogP contribution in [-0.2, 0) is 4.74 Å². The lowest BCUT2D eigenvalue weighted by atomic mass is 9.81. The maximum atomic E-state index is 13.3. The fraction of sp³-hybridized carbons (Fsp3) is 0.808. The van der Waals surface area contributed by atoms with E-state index in [1.165, 1.54) is 56.2 Å². The molecule has 6 heteroatoms. The Labute approximate surface area is 199 Å². The minimum atomic E-state index is 0.148. The van der Waals surface area contributed by atoms with Crippen LogP contribution in [0.25, 0.3) is 0 Å². The molecule has 182 valence electrons. The summed E-state index contributed by atoms with van der Waals surface area (Å²) >= 11 is 1.88. The average molecular weight is 464 g/mol. The summed E-state index contributed by atoms with van der Waals surface area (Å²) in [5, 5.41) is 8.90. The van der Waals surface area contributed by atoms with Crippen LogP contribution in [0.5, 0.6) is 0 Å². The van der Waals surface area contributed by atoms with Gasteiger partial charge in [0.15, 0.2) is 0 Å². The first-order valence-corrected chi connectivity index (χ1v) is 13.8. The highest BCUT2D eigenvalue weighted by Crippen LogP contribution is 2.38. The van der Waals surface area contributed by atoms with Crippen LogP contribution in [-0.4, -0.2) is 57.4 Å². The third-order valence-corrected chi connectivity index (χ3v) is 8.46. The molecule has 1 aromatic heterocycles. The molecule has 2 fully saturated rings. The van der Waals surface area contributed by atoms with E-state index in [0.717, 1.165) is 51.4 Å². The van der Waals surface area contributed by atoms with Crippen LogP contribution >= 0.6 is 11.3 Å². The van der Waals surface area contributed by atoms with Gasteiger partial charge in [-0.05, 0) is 68.4 Å². The fourth-order valence-electron chi connectivity index (χ4n) is 5.78. The molecule has 3 rings (SSSR count). The molecule has 2 N–H and O–H groups in total. The van der Waals surface area contributed by atoms with E-state index in [4.69, 9.17) is 4.74 Å². The van der Waals surface area contributed by atoms with Gasteiger partial charge < -0.3 is 20.3 Å². The number of hydrogen-bond acceptors (Lipinski definition) is 4. The Morgan fingerprint density at radius 2 is 2.06 bits per heavy atom. The van der Waals surface area contributed by atoms with E-state index >= 15 is 0 Å². The van der Waals surface area contributed by atoms with Gasteiger partial charge in [-0.3, -0.25) is 0 Å². The summed E-state index contributed by atoms with van der Waals surface area (Å²) in [5.41, 5.74) is 0. The molecule has 3 atom stereocenters. The number of methoxy groups -OCH3 is 1. The number of ether oxygens (including phenoxy) is 1. The van der Waals surface area contributed by atoms with Crippen LogP contribution in [0, 0.1) is 11.8 Å². The molecule has 0 spiro atoms. The smallest absolute Gasteiger partial charge is 0.317 e. The zero-order valence-corrected chi connectivity index (χ0v) is 21.1. The van der Waals surface area contributed by atoms with Crippen LogP contribution in [0.4, 0.5) is 4.79 Å². The van der Waals surface area contributed by atoms with Gasteiger partial charge in [0.2, 0.25) is 0 Å². The van der Waals surface area contributed by atoms with Gasteiger partial charge in [-0.15, -0.1) is 11.3 Å². The van der Waals surface area contributed by atoms with Gasteiger partial charge in [-0.2, -0.15) is 0 Å². The number of carbonyl (C=O) groups is 1. The molecule has 0 unspecified atom stereocenters. The largest absolute Gasteiger partial charge is 0.385 e. The quantitative estimate of drug-likeness (QED) is 0.395. The molecule has 5 nitrogen and oxygen atoms in total. The van der Waals surface area contributed by atoms with E-state index in [0.29, 0.717) is 11.8 Å². The Morgan fingerprint density at radius 3 is 2.78 bits per heavy atom. The second-order valence-electron chi connectivity index (χ2n) is 9.90. The van der Waals surface area contributed by atoms with E-state index in [2.05, 4.69) is 33.0 Å². The third kappa shape index (κ3) is 8.03. The number of piperidine rings is 1. The van der Waals surface area contributed by atoms with Crippen molar-refractivity contribution in [2.45, 2.75) is 82.6 Å². The van der Waals surface area contributed by atoms with Crippen molar-refractivity contribution in [1.82, 2.24) is 15.5 Å². The SMILES string of the molecule is CNC[C@H](CC1CCCCC1)NC(=O)N1CCC[C@@H]([C@@H](CCCCOC)c2cccs2)C1. The van der Waals surface area contributed by atoms with Gasteiger partial charge in [-0.1, -0.05) is 44.6 Å². The molecular formula is C26H45N3O2S. The zero-order chi connectivity index (χ0) is 22.6. The molecule has 2 amide bonds. The predicted molar refractivity (Wildman–Crippen MR) is 135 cm³/mol. The van der Waals surface area contributed by atoms with Crippen LogP contribution < -0.4 is 10.6 Å². The molecule has 1 saturated carbocycles. The van der Waals surface area contributed by atoms with E-state index < -0.39 is 0 Å². The summed E-state index contributed by atoms with van der Waals surface area (Å²) in [5.74, 6) is 1.88. The van der Waals surface area contributed by atoms with Crippen molar-refractivity contribution in [3.63, 3.8) is 0 Å². The fourth-order valence-corrected chi connectivity index (χ4v) is 6.73. The van der Waals surface area contributed by atoms with E-state index in [9.17, 15) is 4.79 Å². The van der Waals surface area contributed by atoms with Crippen LogP contribution in [0.1, 0.15) is 81.4 Å². The standard InChI is InChI=1S/C26H45N3O2S/c1-27-19-23(18-21-10-4-3-5-11-21)28-26(30)29-15-8-12-22(20-29)24(13-6-7-16-31-2)25-14-9-17-32-25/h9,14,17,21-24,27H,3-8,10-13,15-16,18-20H2,1-2H3,(H,28,30)/t22-,23+,24-/m1/s1. The van der Waals surface area contributed by atoms with Gasteiger partial charge in [0.25, 0.3) is 0 Å². The first-order chi connectivity index (χ1) is 15.7. The Hall–Kier alpha value is -1.11. The maximum absolute atomic E-state index is 13.3. The molecule has 0 aromatic carbocycles. The van der Waals surface area contributed by atoms with E-state index in [-0.39, 0.29) is 12.1 Å². The van der Waals surface area contributed by atoms with Crippen molar-refractivity contribution in [2.24, 2.45) is 11.8 Å². The number of nitrogens with one attached hydrogen (secondary N) is 2. The Balaban J connectivity index is 1.56. The molecule has 1 saturated heterocycles. The lowest BCUT2D eigenvalue weighted by Crippen LogP contribution is -2.51. The number of thiophene rings is 1. The van der Waals surface area contributed by atoms with E-state index in [1.54, 1.807) is 7.11 Å². The van der Waals surface area contributed by atoms with Gasteiger partial charge in [0.05, 0.1) is 0 Å². The van der Waals surface area contributed by atoms with Crippen LogP contribution in [0.3, 0.4) is 0 Å². The number of unbranched alkanes of at least 4 members (excludes halogenated alkanes) is 1. The summed E-state index contributed by atoms with van der Waals surface area (Å²) in [7, 11) is 3.77. The lowest BCUT2D eigenvalue weighted by molar-refractivity contribution is 0.147. The number of nitrogens with zero attached hydrogens (tertiary/aromatic N) is 1. The Bertz CT molecular complexity index is 633. The zero-order valence-electron chi connectivity index (χ0n) is 20.3. The highest BCUT2D eigenvalue weighted by atomic mass is 32.1. The first kappa shape index (κ1) is 25.5. The predicted octanol–water partition coefficient (Wildman–Crippen LogP) is 5.63. The average Bonchev–Trinajstić information content (AvgIpc) is 3.34. The molecule has 1 aliphatic carbocycles. The second-order valence-corrected chi connectivity index (χ2v) is 10.9. The molecular weight excluding hydrogens is 418 g/mol. The number of likely N-dealkylation sites (N-methyl/N-ethyl adjacent to an activating group) is 1. The van der Waals surface area contributed by atoms with Gasteiger partial charge in [0, 0.05) is 44.3 Å². The third-order valence-electron chi connectivity index (χ3n) is 7.46. The summed E-state index contributed by atoms with van der Waals surface area (Å²) in [4.78, 5) is 16.8. The monoisotopic (exact) mass is 463 g/mol. The van der Waals surface area contributed by atoms with Gasteiger partial charge in [-0.25, -0.2) is 4.79 Å². The minimum absolute atomic E-state index is 0.148. The molecule has 2 heterocycles. The number of urea groups is 1. The summed E-state index contributed by atoms with van der Waals surface area (Å²) in [6, 6.07) is 4.84. The highest BCUT2D eigenvalue weighted by molar-refractivity contribution is 7.10. The molecule has 0 radical (unpaired) electrons. The first-order valence-electron chi connectivity index (χ1n) is 12.9. The van der Waals surface area contributed by atoms with Crippen molar-refractivity contribution in [1.29, 1.82) is 0 Å². The van der Waals surface area contributed by atoms with Crippen molar-refractivity contribution < 1.29 is 9.53 Å². The van der Waals surface area contributed by atoms with Crippen LogP contribution in [0.15, 0.2) is 17.5 Å².